The lowest BCUT2D eigenvalue weighted by atomic mass is 9.90. The van der Waals surface area contributed by atoms with Gasteiger partial charge in [0.2, 0.25) is 5.16 Å². The van der Waals surface area contributed by atoms with Gasteiger partial charge >= 0.3 is 0 Å². The molecule has 2 aliphatic rings. The van der Waals surface area contributed by atoms with E-state index in [2.05, 4.69) is 20.1 Å². The summed E-state index contributed by atoms with van der Waals surface area (Å²) in [4.78, 5) is 7.08. The Balaban J connectivity index is 1.86. The van der Waals surface area contributed by atoms with Crippen LogP contribution in [0.2, 0.25) is 0 Å². The molecule has 2 aliphatic heterocycles. The smallest absolute Gasteiger partial charge is 0.209 e. The van der Waals surface area contributed by atoms with Crippen LogP contribution < -0.4 is 0 Å². The number of hydrogen-bond donors (Lipinski definition) is 0. The molecule has 0 radical (unpaired) electrons. The van der Waals surface area contributed by atoms with Crippen molar-refractivity contribution in [1.82, 2.24) is 20.1 Å². The lowest BCUT2D eigenvalue weighted by Gasteiger charge is -2.20. The van der Waals surface area contributed by atoms with Crippen molar-refractivity contribution < 1.29 is 0 Å². The first-order valence-corrected chi connectivity index (χ1v) is 6.55. The van der Waals surface area contributed by atoms with Crippen LogP contribution in [0.15, 0.2) is 11.4 Å². The van der Waals surface area contributed by atoms with Crippen LogP contribution in [-0.2, 0) is 0 Å². The highest BCUT2D eigenvalue weighted by atomic mass is 32.2. The van der Waals surface area contributed by atoms with Gasteiger partial charge in [0.25, 0.3) is 0 Å². The minimum Gasteiger partial charge on any atom is -0.302 e. The summed E-state index contributed by atoms with van der Waals surface area (Å²) >= 11 is 1.56. The third-order valence-electron chi connectivity index (χ3n) is 3.45. The second-order valence-electron chi connectivity index (χ2n) is 4.28. The standard InChI is InChI=1S/C10H14N4S/c1-15-10-12-9(4-11-13-10)8-6-14-3-2-7(8)5-14/h4,7-8H,2-3,5-6H2,1H3/t7-,8-/m0/s1. The molecule has 0 aromatic carbocycles. The third-order valence-corrected chi connectivity index (χ3v) is 3.99. The highest BCUT2D eigenvalue weighted by molar-refractivity contribution is 7.98. The Hall–Kier alpha value is -0.680. The summed E-state index contributed by atoms with van der Waals surface area (Å²) in [5.74, 6) is 1.40. The summed E-state index contributed by atoms with van der Waals surface area (Å²) in [6.07, 6.45) is 5.15. The van der Waals surface area contributed by atoms with Crippen LogP contribution in [0.3, 0.4) is 0 Å². The molecule has 3 rings (SSSR count). The molecule has 2 bridgehead atoms. The monoisotopic (exact) mass is 222 g/mol. The number of hydrogen-bond acceptors (Lipinski definition) is 5. The first-order chi connectivity index (χ1) is 7.36. The van der Waals surface area contributed by atoms with E-state index in [1.165, 1.54) is 19.5 Å². The normalized spacial score (nSPS) is 33.5. The zero-order valence-corrected chi connectivity index (χ0v) is 9.57. The molecule has 2 fully saturated rings. The van der Waals surface area contributed by atoms with Crippen LogP contribution >= 0.6 is 11.8 Å². The van der Waals surface area contributed by atoms with Crippen molar-refractivity contribution in [3.8, 4) is 0 Å². The minimum atomic E-state index is 0.597. The summed E-state index contributed by atoms with van der Waals surface area (Å²) in [7, 11) is 0. The lowest BCUT2D eigenvalue weighted by Crippen LogP contribution is -2.23. The molecule has 3 atom stereocenters. The summed E-state index contributed by atoms with van der Waals surface area (Å²) in [6, 6.07) is 0. The Kier molecular flexibility index (Phi) is 2.36. The highest BCUT2D eigenvalue weighted by Crippen LogP contribution is 2.38. The van der Waals surface area contributed by atoms with Gasteiger partial charge in [-0.15, -0.1) is 5.10 Å². The average molecular weight is 222 g/mol. The van der Waals surface area contributed by atoms with Crippen LogP contribution in [-0.4, -0.2) is 46.0 Å². The Morgan fingerprint density at radius 1 is 1.47 bits per heavy atom. The molecule has 0 spiro atoms. The van der Waals surface area contributed by atoms with E-state index in [1.807, 2.05) is 12.5 Å². The molecule has 5 heteroatoms. The Morgan fingerprint density at radius 2 is 2.40 bits per heavy atom. The van der Waals surface area contributed by atoms with E-state index in [-0.39, 0.29) is 0 Å². The molecule has 1 aromatic rings. The number of piperidine rings is 1. The van der Waals surface area contributed by atoms with Crippen LogP contribution in [0.5, 0.6) is 0 Å². The van der Waals surface area contributed by atoms with Crippen LogP contribution in [0, 0.1) is 5.92 Å². The van der Waals surface area contributed by atoms with E-state index in [1.54, 1.807) is 11.8 Å². The van der Waals surface area contributed by atoms with Gasteiger partial charge in [-0.1, -0.05) is 11.8 Å². The van der Waals surface area contributed by atoms with Crippen molar-refractivity contribution in [2.45, 2.75) is 17.5 Å². The first-order valence-electron chi connectivity index (χ1n) is 5.33. The molecule has 2 saturated heterocycles. The topological polar surface area (TPSA) is 41.9 Å². The van der Waals surface area contributed by atoms with E-state index < -0.39 is 0 Å². The lowest BCUT2D eigenvalue weighted by molar-refractivity contribution is 0.342. The Labute approximate surface area is 93.5 Å². The first kappa shape index (κ1) is 9.54. The second kappa shape index (κ2) is 3.72. The zero-order chi connectivity index (χ0) is 10.3. The van der Waals surface area contributed by atoms with Crippen molar-refractivity contribution in [2.24, 2.45) is 5.92 Å². The van der Waals surface area contributed by atoms with E-state index in [9.17, 15) is 0 Å². The molecule has 1 unspecified atom stereocenters. The summed E-state index contributed by atoms with van der Waals surface area (Å²) in [5.41, 5.74) is 1.14. The van der Waals surface area contributed by atoms with Gasteiger partial charge in [0.05, 0.1) is 11.9 Å². The van der Waals surface area contributed by atoms with E-state index >= 15 is 0 Å². The molecular weight excluding hydrogens is 208 g/mol. The fraction of sp³-hybridized carbons (Fsp3) is 0.700. The maximum atomic E-state index is 4.55. The van der Waals surface area contributed by atoms with Crippen molar-refractivity contribution in [1.29, 1.82) is 0 Å². The molecule has 0 aliphatic carbocycles. The van der Waals surface area contributed by atoms with E-state index in [4.69, 9.17) is 0 Å². The molecule has 15 heavy (non-hydrogen) atoms. The molecule has 0 amide bonds. The van der Waals surface area contributed by atoms with Gasteiger partial charge in [-0.05, 0) is 25.1 Å². The SMILES string of the molecule is CSc1nncc([C@H]2CN3CC[C@H]2C3)n1. The summed E-state index contributed by atoms with van der Waals surface area (Å²) < 4.78 is 0. The van der Waals surface area contributed by atoms with Crippen LogP contribution in [0.4, 0.5) is 0 Å². The predicted molar refractivity (Wildman–Crippen MR) is 58.9 cm³/mol. The molecule has 0 saturated carbocycles. The van der Waals surface area contributed by atoms with Crippen molar-refractivity contribution in [3.05, 3.63) is 11.9 Å². The quantitative estimate of drug-likeness (QED) is 0.699. The summed E-state index contributed by atoms with van der Waals surface area (Å²) in [6.45, 7) is 3.69. The molecule has 80 valence electrons. The van der Waals surface area contributed by atoms with Gasteiger partial charge in [-0.2, -0.15) is 5.10 Å². The Morgan fingerprint density at radius 3 is 3.07 bits per heavy atom. The average Bonchev–Trinajstić information content (AvgIpc) is 2.91. The third kappa shape index (κ3) is 1.63. The minimum absolute atomic E-state index is 0.597. The fourth-order valence-corrected chi connectivity index (χ4v) is 3.01. The van der Waals surface area contributed by atoms with Crippen molar-refractivity contribution in [2.75, 3.05) is 25.9 Å². The number of aromatic nitrogens is 3. The van der Waals surface area contributed by atoms with Gasteiger partial charge in [0.15, 0.2) is 0 Å². The number of nitrogens with zero attached hydrogens (tertiary/aromatic N) is 4. The number of thioether (sulfide) groups is 1. The fourth-order valence-electron chi connectivity index (χ4n) is 2.68. The van der Waals surface area contributed by atoms with Crippen molar-refractivity contribution >= 4 is 11.8 Å². The van der Waals surface area contributed by atoms with Crippen molar-refractivity contribution in [3.63, 3.8) is 0 Å². The predicted octanol–water partition coefficient (Wildman–Crippen LogP) is 1.01. The molecule has 0 N–H and O–H groups in total. The zero-order valence-electron chi connectivity index (χ0n) is 8.76. The van der Waals surface area contributed by atoms with Gasteiger partial charge in [-0.3, -0.25) is 0 Å². The second-order valence-corrected chi connectivity index (χ2v) is 5.06. The van der Waals surface area contributed by atoms with Gasteiger partial charge < -0.3 is 4.90 Å². The maximum Gasteiger partial charge on any atom is 0.209 e. The Bertz CT molecular complexity index is 370. The molecule has 4 nitrogen and oxygen atoms in total. The molecule has 1 aromatic heterocycles. The van der Waals surface area contributed by atoms with Gasteiger partial charge in [0.1, 0.15) is 0 Å². The van der Waals surface area contributed by atoms with E-state index in [0.29, 0.717) is 5.92 Å². The summed E-state index contributed by atoms with van der Waals surface area (Å²) in [5, 5.41) is 8.81. The molecule has 3 heterocycles. The number of rotatable bonds is 2. The van der Waals surface area contributed by atoms with Crippen LogP contribution in [0.1, 0.15) is 18.0 Å². The highest BCUT2D eigenvalue weighted by Gasteiger charge is 2.39. The van der Waals surface area contributed by atoms with Gasteiger partial charge in [0, 0.05) is 19.0 Å². The van der Waals surface area contributed by atoms with Crippen LogP contribution in [0.25, 0.3) is 0 Å². The number of fused-ring (bicyclic) bond motifs is 2. The maximum absolute atomic E-state index is 4.55. The largest absolute Gasteiger partial charge is 0.302 e. The van der Waals surface area contributed by atoms with Gasteiger partial charge in [-0.25, -0.2) is 4.98 Å². The van der Waals surface area contributed by atoms with E-state index in [0.717, 1.165) is 23.3 Å². The molecular formula is C10H14N4S.